The molecule has 0 aliphatic rings. The van der Waals surface area contributed by atoms with Gasteiger partial charge in [-0.1, -0.05) is 48.9 Å². The van der Waals surface area contributed by atoms with E-state index in [2.05, 4.69) is 76.5 Å². The lowest BCUT2D eigenvalue weighted by Gasteiger charge is -2.12. The fraction of sp³-hybridized carbons (Fsp3) is 0.154. The van der Waals surface area contributed by atoms with Crippen LogP contribution in [-0.2, 0) is 17.8 Å². The number of aryl methyl sites for hydroxylation is 2. The molecule has 3 aromatic rings. The number of nitrogens with one attached hydrogen (secondary N) is 1. The molecule has 1 amide bonds. The van der Waals surface area contributed by atoms with Gasteiger partial charge in [-0.05, 0) is 106 Å². The number of rotatable bonds is 7. The third-order valence-corrected chi connectivity index (χ3v) is 6.38. The van der Waals surface area contributed by atoms with Gasteiger partial charge in [-0.3, -0.25) is 4.79 Å². The van der Waals surface area contributed by atoms with Crippen LogP contribution >= 0.6 is 45.2 Å². The highest BCUT2D eigenvalue weighted by Crippen LogP contribution is 2.30. The summed E-state index contributed by atoms with van der Waals surface area (Å²) < 4.78 is 7.90. The molecule has 6 heteroatoms. The van der Waals surface area contributed by atoms with Crippen LogP contribution in [0, 0.1) is 25.4 Å². The second-order valence-corrected chi connectivity index (χ2v) is 9.59. The van der Waals surface area contributed by atoms with Crippen molar-refractivity contribution < 1.29 is 9.53 Å². The zero-order valence-corrected chi connectivity index (χ0v) is 22.1. The Hall–Kier alpha value is -2.38. The third kappa shape index (κ3) is 6.56. The Labute approximate surface area is 216 Å². The molecule has 0 aliphatic heterocycles. The van der Waals surface area contributed by atoms with Gasteiger partial charge in [-0.2, -0.15) is 5.26 Å². The lowest BCUT2D eigenvalue weighted by Crippen LogP contribution is -2.13. The van der Waals surface area contributed by atoms with E-state index >= 15 is 0 Å². The summed E-state index contributed by atoms with van der Waals surface area (Å²) in [6.07, 6.45) is 2.53. The van der Waals surface area contributed by atoms with Crippen LogP contribution < -0.4 is 10.1 Å². The van der Waals surface area contributed by atoms with Gasteiger partial charge in [0, 0.05) is 5.69 Å². The third-order valence-electron chi connectivity index (χ3n) is 4.78. The Bertz CT molecular complexity index is 1170. The first-order chi connectivity index (χ1) is 15.4. The molecule has 3 aromatic carbocycles. The number of halogens is 2. The summed E-state index contributed by atoms with van der Waals surface area (Å²) in [5, 5.41) is 12.3. The Morgan fingerprint density at radius 3 is 2.34 bits per heavy atom. The molecule has 0 saturated carbocycles. The largest absolute Gasteiger partial charge is 0.487 e. The minimum absolute atomic E-state index is 0.0459. The van der Waals surface area contributed by atoms with E-state index in [0.717, 1.165) is 30.4 Å². The number of amides is 1. The SMILES string of the molecule is CCc1ccc(NC(=O)/C(C#N)=C/c2cc(I)c(OCc3cccc(C)c3)c(I)c2)cc1. The van der Waals surface area contributed by atoms with Crippen molar-refractivity contribution in [2.45, 2.75) is 26.9 Å². The number of benzene rings is 3. The molecular formula is C26H22I2N2O2. The monoisotopic (exact) mass is 648 g/mol. The second kappa shape index (κ2) is 11.5. The van der Waals surface area contributed by atoms with Gasteiger partial charge in [-0.25, -0.2) is 0 Å². The van der Waals surface area contributed by atoms with Crippen molar-refractivity contribution in [3.8, 4) is 11.8 Å². The summed E-state index contributed by atoms with van der Waals surface area (Å²) in [6.45, 7) is 4.61. The van der Waals surface area contributed by atoms with Crippen LogP contribution in [0.1, 0.15) is 29.2 Å². The highest BCUT2D eigenvalue weighted by Gasteiger charge is 2.13. The molecule has 162 valence electrons. The smallest absolute Gasteiger partial charge is 0.266 e. The van der Waals surface area contributed by atoms with Crippen LogP contribution in [0.4, 0.5) is 5.69 Å². The van der Waals surface area contributed by atoms with E-state index in [9.17, 15) is 10.1 Å². The molecule has 0 saturated heterocycles. The summed E-state index contributed by atoms with van der Waals surface area (Å²) in [7, 11) is 0. The average Bonchev–Trinajstić information content (AvgIpc) is 2.77. The molecule has 0 radical (unpaired) electrons. The van der Waals surface area contributed by atoms with Gasteiger partial charge in [0.1, 0.15) is 24.0 Å². The minimum atomic E-state index is -0.429. The van der Waals surface area contributed by atoms with Gasteiger partial charge < -0.3 is 10.1 Å². The van der Waals surface area contributed by atoms with E-state index in [0.29, 0.717) is 12.3 Å². The summed E-state index contributed by atoms with van der Waals surface area (Å²) in [5.74, 6) is 0.366. The summed E-state index contributed by atoms with van der Waals surface area (Å²) >= 11 is 4.44. The Balaban J connectivity index is 1.75. The van der Waals surface area contributed by atoms with Crippen LogP contribution in [0.25, 0.3) is 6.08 Å². The van der Waals surface area contributed by atoms with Gasteiger partial charge in [0.25, 0.3) is 5.91 Å². The van der Waals surface area contributed by atoms with Crippen molar-refractivity contribution in [1.29, 1.82) is 5.26 Å². The van der Waals surface area contributed by atoms with Crippen molar-refractivity contribution in [2.24, 2.45) is 0 Å². The van der Waals surface area contributed by atoms with Crippen LogP contribution in [0.5, 0.6) is 5.75 Å². The molecule has 0 aliphatic carbocycles. The first-order valence-corrected chi connectivity index (χ1v) is 12.2. The number of carbonyl (C=O) groups excluding carboxylic acids is 1. The Morgan fingerprint density at radius 1 is 1.06 bits per heavy atom. The predicted molar refractivity (Wildman–Crippen MR) is 145 cm³/mol. The molecule has 1 N–H and O–H groups in total. The molecule has 0 atom stereocenters. The molecule has 0 bridgehead atoms. The number of hydrogen-bond acceptors (Lipinski definition) is 3. The van der Waals surface area contributed by atoms with Gasteiger partial charge in [0.2, 0.25) is 0 Å². The van der Waals surface area contributed by atoms with Gasteiger partial charge in [-0.15, -0.1) is 0 Å². The van der Waals surface area contributed by atoms with E-state index in [-0.39, 0.29) is 5.57 Å². The quantitative estimate of drug-likeness (QED) is 0.173. The molecule has 3 rings (SSSR count). The van der Waals surface area contributed by atoms with Gasteiger partial charge in [0.05, 0.1) is 7.14 Å². The number of hydrogen-bond donors (Lipinski definition) is 1. The lowest BCUT2D eigenvalue weighted by atomic mass is 10.1. The second-order valence-electron chi connectivity index (χ2n) is 7.27. The number of nitrogens with zero attached hydrogens (tertiary/aromatic N) is 1. The molecule has 32 heavy (non-hydrogen) atoms. The van der Waals surface area contributed by atoms with Crippen LogP contribution in [0.15, 0.2) is 66.2 Å². The van der Waals surface area contributed by atoms with Gasteiger partial charge >= 0.3 is 0 Å². The van der Waals surface area contributed by atoms with E-state index < -0.39 is 5.91 Å². The zero-order valence-electron chi connectivity index (χ0n) is 17.8. The zero-order chi connectivity index (χ0) is 23.1. The highest BCUT2D eigenvalue weighted by molar-refractivity contribution is 14.1. The number of nitriles is 1. The minimum Gasteiger partial charge on any atom is -0.487 e. The molecule has 0 aromatic heterocycles. The number of anilines is 1. The molecule has 0 spiro atoms. The van der Waals surface area contributed by atoms with Crippen molar-refractivity contribution >= 4 is 62.9 Å². The standard InChI is InChI=1S/C26H22I2N2O2/c1-3-18-7-9-22(10-8-18)30-26(31)21(15-29)12-20-13-23(27)25(24(28)14-20)32-16-19-6-4-5-17(2)11-19/h4-14H,3,16H2,1-2H3,(H,30,31)/b21-12+. The van der Waals surface area contributed by atoms with Crippen molar-refractivity contribution in [3.05, 3.63) is 95.6 Å². The lowest BCUT2D eigenvalue weighted by molar-refractivity contribution is -0.112. The predicted octanol–water partition coefficient (Wildman–Crippen LogP) is 6.89. The molecule has 0 heterocycles. The number of carbonyl (C=O) groups is 1. The Morgan fingerprint density at radius 2 is 1.75 bits per heavy atom. The van der Waals surface area contributed by atoms with Crippen molar-refractivity contribution in [3.63, 3.8) is 0 Å². The van der Waals surface area contributed by atoms with Crippen LogP contribution in [0.3, 0.4) is 0 Å². The maximum absolute atomic E-state index is 12.6. The van der Waals surface area contributed by atoms with E-state index in [1.54, 1.807) is 6.08 Å². The normalized spacial score (nSPS) is 11.0. The number of ether oxygens (including phenoxy) is 1. The Kier molecular flexibility index (Phi) is 8.70. The van der Waals surface area contributed by atoms with Crippen molar-refractivity contribution in [2.75, 3.05) is 5.32 Å². The fourth-order valence-electron chi connectivity index (χ4n) is 3.10. The summed E-state index contributed by atoms with van der Waals surface area (Å²) in [4.78, 5) is 12.6. The first kappa shape index (κ1) is 24.3. The van der Waals surface area contributed by atoms with E-state index in [1.807, 2.05) is 54.6 Å². The molecule has 0 fully saturated rings. The van der Waals surface area contributed by atoms with Gasteiger partial charge in [0.15, 0.2) is 0 Å². The van der Waals surface area contributed by atoms with Crippen molar-refractivity contribution in [1.82, 2.24) is 0 Å². The summed E-state index contributed by atoms with van der Waals surface area (Å²) in [6, 6.07) is 21.7. The average molecular weight is 648 g/mol. The highest BCUT2D eigenvalue weighted by atomic mass is 127. The van der Waals surface area contributed by atoms with Crippen LogP contribution in [0.2, 0.25) is 0 Å². The fourth-order valence-corrected chi connectivity index (χ4v) is 5.22. The molecule has 0 unspecified atom stereocenters. The molecule has 4 nitrogen and oxygen atoms in total. The topological polar surface area (TPSA) is 62.1 Å². The first-order valence-electron chi connectivity index (χ1n) is 10.1. The van der Waals surface area contributed by atoms with E-state index in [4.69, 9.17) is 4.74 Å². The summed E-state index contributed by atoms with van der Waals surface area (Å²) in [5.41, 5.74) is 4.97. The maximum Gasteiger partial charge on any atom is 0.266 e. The van der Waals surface area contributed by atoms with E-state index in [1.165, 1.54) is 11.1 Å². The molecular weight excluding hydrogens is 626 g/mol. The maximum atomic E-state index is 12.6. The van der Waals surface area contributed by atoms with Crippen LogP contribution in [-0.4, -0.2) is 5.91 Å².